The van der Waals surface area contributed by atoms with Gasteiger partial charge in [-0.25, -0.2) is 0 Å². The summed E-state index contributed by atoms with van der Waals surface area (Å²) in [7, 11) is 0. The minimum Gasteiger partial charge on any atom is -0.506 e. The number of aromatic hydroxyl groups is 1. The molecule has 2 heterocycles. The lowest BCUT2D eigenvalue weighted by atomic mass is 10.1. The first-order valence-corrected chi connectivity index (χ1v) is 5.02. The molecular formula is C12H12N2O2. The number of hydrogen-bond acceptors (Lipinski definition) is 4. The van der Waals surface area contributed by atoms with Crippen LogP contribution in [0.2, 0.25) is 0 Å². The Morgan fingerprint density at radius 2 is 1.75 bits per heavy atom. The van der Waals surface area contributed by atoms with Gasteiger partial charge in [-0.3, -0.25) is 9.97 Å². The van der Waals surface area contributed by atoms with Crippen LogP contribution in [0.5, 0.6) is 11.5 Å². The van der Waals surface area contributed by atoms with Crippen LogP contribution in [0.1, 0.15) is 6.92 Å². The van der Waals surface area contributed by atoms with E-state index < -0.39 is 0 Å². The average Bonchev–Trinajstić information content (AvgIpc) is 2.30. The molecule has 2 rings (SSSR count). The van der Waals surface area contributed by atoms with Crippen molar-refractivity contribution in [1.29, 1.82) is 0 Å². The van der Waals surface area contributed by atoms with Crippen molar-refractivity contribution < 1.29 is 9.84 Å². The fourth-order valence-electron chi connectivity index (χ4n) is 1.41. The number of rotatable bonds is 3. The molecule has 0 aliphatic heterocycles. The second-order valence-electron chi connectivity index (χ2n) is 3.27. The van der Waals surface area contributed by atoms with Crippen LogP contribution in [-0.4, -0.2) is 21.7 Å². The minimum absolute atomic E-state index is 0.138. The van der Waals surface area contributed by atoms with Gasteiger partial charge >= 0.3 is 0 Å². The van der Waals surface area contributed by atoms with E-state index in [2.05, 4.69) is 9.97 Å². The third kappa shape index (κ3) is 2.28. The topological polar surface area (TPSA) is 55.2 Å². The normalized spacial score (nSPS) is 10.1. The summed E-state index contributed by atoms with van der Waals surface area (Å²) >= 11 is 0. The van der Waals surface area contributed by atoms with Gasteiger partial charge in [0.2, 0.25) is 0 Å². The molecule has 0 amide bonds. The summed E-state index contributed by atoms with van der Waals surface area (Å²) in [6, 6.07) is 3.51. The van der Waals surface area contributed by atoms with Crippen molar-refractivity contribution in [3.8, 4) is 22.6 Å². The maximum atomic E-state index is 9.33. The first kappa shape index (κ1) is 10.4. The first-order chi connectivity index (χ1) is 7.79. The van der Waals surface area contributed by atoms with Crippen LogP contribution in [0.3, 0.4) is 0 Å². The Balaban J connectivity index is 2.36. The Bertz CT molecular complexity index is 486. The summed E-state index contributed by atoms with van der Waals surface area (Å²) in [5.74, 6) is 0.850. The van der Waals surface area contributed by atoms with Crippen molar-refractivity contribution in [2.45, 2.75) is 6.92 Å². The predicted molar refractivity (Wildman–Crippen MR) is 60.3 cm³/mol. The van der Waals surface area contributed by atoms with Crippen molar-refractivity contribution in [2.24, 2.45) is 0 Å². The molecule has 0 bridgehead atoms. The van der Waals surface area contributed by atoms with E-state index in [1.54, 1.807) is 24.7 Å². The fourth-order valence-corrected chi connectivity index (χ4v) is 1.41. The van der Waals surface area contributed by atoms with Gasteiger partial charge in [-0.1, -0.05) is 0 Å². The summed E-state index contributed by atoms with van der Waals surface area (Å²) in [4.78, 5) is 7.99. The summed E-state index contributed by atoms with van der Waals surface area (Å²) in [5.41, 5.74) is 1.68. The number of hydrogen-bond donors (Lipinski definition) is 1. The van der Waals surface area contributed by atoms with Gasteiger partial charge in [0.1, 0.15) is 11.5 Å². The van der Waals surface area contributed by atoms with E-state index in [0.717, 1.165) is 11.1 Å². The maximum absolute atomic E-state index is 9.33. The average molecular weight is 216 g/mol. The van der Waals surface area contributed by atoms with Crippen molar-refractivity contribution >= 4 is 0 Å². The zero-order valence-electron chi connectivity index (χ0n) is 8.92. The van der Waals surface area contributed by atoms with Gasteiger partial charge in [-0.2, -0.15) is 0 Å². The molecule has 4 heteroatoms. The Morgan fingerprint density at radius 3 is 2.44 bits per heavy atom. The van der Waals surface area contributed by atoms with E-state index in [1.807, 2.05) is 13.0 Å². The van der Waals surface area contributed by atoms with Crippen LogP contribution in [0.4, 0.5) is 0 Å². The second kappa shape index (κ2) is 4.61. The lowest BCUT2D eigenvalue weighted by Gasteiger charge is -2.05. The summed E-state index contributed by atoms with van der Waals surface area (Å²) in [6.07, 6.45) is 6.43. The summed E-state index contributed by atoms with van der Waals surface area (Å²) < 4.78 is 5.35. The highest BCUT2D eigenvalue weighted by Crippen LogP contribution is 2.24. The number of pyridine rings is 2. The van der Waals surface area contributed by atoms with Crippen LogP contribution in [0.25, 0.3) is 11.1 Å². The predicted octanol–water partition coefficient (Wildman–Crippen LogP) is 2.25. The van der Waals surface area contributed by atoms with Gasteiger partial charge in [-0.15, -0.1) is 0 Å². The van der Waals surface area contributed by atoms with E-state index >= 15 is 0 Å². The van der Waals surface area contributed by atoms with Crippen molar-refractivity contribution in [2.75, 3.05) is 6.61 Å². The molecule has 0 saturated heterocycles. The highest BCUT2D eigenvalue weighted by atomic mass is 16.5. The van der Waals surface area contributed by atoms with Gasteiger partial charge in [0.05, 0.1) is 19.0 Å². The number of ether oxygens (including phenoxy) is 1. The molecule has 0 aliphatic rings. The summed E-state index contributed by atoms with van der Waals surface area (Å²) in [5, 5.41) is 9.33. The van der Waals surface area contributed by atoms with Crippen molar-refractivity contribution in [3.63, 3.8) is 0 Å². The molecule has 4 nitrogen and oxygen atoms in total. The quantitative estimate of drug-likeness (QED) is 0.854. The van der Waals surface area contributed by atoms with E-state index in [-0.39, 0.29) is 5.75 Å². The van der Waals surface area contributed by atoms with E-state index in [0.29, 0.717) is 12.4 Å². The zero-order chi connectivity index (χ0) is 11.4. The molecule has 0 unspecified atom stereocenters. The molecule has 1 N–H and O–H groups in total. The molecule has 2 aromatic heterocycles. The number of aromatic nitrogens is 2. The highest BCUT2D eigenvalue weighted by Gasteiger charge is 2.02. The Morgan fingerprint density at radius 1 is 1.06 bits per heavy atom. The van der Waals surface area contributed by atoms with Crippen molar-refractivity contribution in [1.82, 2.24) is 9.97 Å². The van der Waals surface area contributed by atoms with Crippen LogP contribution in [0, 0.1) is 0 Å². The van der Waals surface area contributed by atoms with Gasteiger partial charge < -0.3 is 9.84 Å². The van der Waals surface area contributed by atoms with E-state index in [1.165, 1.54) is 6.20 Å². The lowest BCUT2D eigenvalue weighted by Crippen LogP contribution is -1.92. The van der Waals surface area contributed by atoms with Crippen LogP contribution < -0.4 is 4.74 Å². The minimum atomic E-state index is 0.138. The van der Waals surface area contributed by atoms with Gasteiger partial charge in [0, 0.05) is 23.5 Å². The zero-order valence-corrected chi connectivity index (χ0v) is 8.92. The Hall–Kier alpha value is -2.10. The molecular weight excluding hydrogens is 204 g/mol. The van der Waals surface area contributed by atoms with E-state index in [4.69, 9.17) is 4.74 Å². The van der Waals surface area contributed by atoms with Gasteiger partial charge in [0.15, 0.2) is 0 Å². The van der Waals surface area contributed by atoms with Crippen molar-refractivity contribution in [3.05, 3.63) is 36.9 Å². The third-order valence-corrected chi connectivity index (χ3v) is 2.08. The van der Waals surface area contributed by atoms with Gasteiger partial charge in [-0.05, 0) is 19.1 Å². The van der Waals surface area contributed by atoms with Crippen LogP contribution >= 0.6 is 0 Å². The highest BCUT2D eigenvalue weighted by molar-refractivity contribution is 5.64. The van der Waals surface area contributed by atoms with E-state index in [9.17, 15) is 5.11 Å². The molecule has 0 spiro atoms. The molecule has 0 fully saturated rings. The Kier molecular flexibility index (Phi) is 3.00. The molecule has 2 aromatic rings. The molecule has 16 heavy (non-hydrogen) atoms. The Labute approximate surface area is 93.6 Å². The fraction of sp³-hybridized carbons (Fsp3) is 0.167. The maximum Gasteiger partial charge on any atom is 0.138 e. The summed E-state index contributed by atoms with van der Waals surface area (Å²) in [6.45, 7) is 2.52. The number of nitrogens with zero attached hydrogens (tertiary/aromatic N) is 2. The molecule has 0 radical (unpaired) electrons. The SMILES string of the molecule is CCOc1cncc(-c2cncc(O)c2)c1. The molecule has 82 valence electrons. The standard InChI is InChI=1S/C12H12N2O2/c1-2-16-12-4-10(6-14-8-12)9-3-11(15)7-13-5-9/h3-8,15H,2H2,1H3. The third-order valence-electron chi connectivity index (χ3n) is 2.08. The largest absolute Gasteiger partial charge is 0.506 e. The van der Waals surface area contributed by atoms with Crippen LogP contribution in [0.15, 0.2) is 36.9 Å². The molecule has 0 aliphatic carbocycles. The smallest absolute Gasteiger partial charge is 0.138 e. The lowest BCUT2D eigenvalue weighted by molar-refractivity contribution is 0.339. The monoisotopic (exact) mass is 216 g/mol. The molecule has 0 aromatic carbocycles. The van der Waals surface area contributed by atoms with Gasteiger partial charge in [0.25, 0.3) is 0 Å². The molecule has 0 atom stereocenters. The molecule has 0 saturated carbocycles. The second-order valence-corrected chi connectivity index (χ2v) is 3.27. The first-order valence-electron chi connectivity index (χ1n) is 5.02. The van der Waals surface area contributed by atoms with Crippen LogP contribution in [-0.2, 0) is 0 Å².